The van der Waals surface area contributed by atoms with Crippen molar-refractivity contribution in [3.63, 3.8) is 0 Å². The highest BCUT2D eigenvalue weighted by Crippen LogP contribution is 2.37. The minimum Gasteiger partial charge on any atom is -0.506 e. The molecule has 1 aliphatic carbocycles. The van der Waals surface area contributed by atoms with Crippen LogP contribution in [0.15, 0.2) is 18.2 Å². The molecule has 1 fully saturated rings. The van der Waals surface area contributed by atoms with Crippen LogP contribution in [0.1, 0.15) is 30.9 Å². The fourth-order valence-electron chi connectivity index (χ4n) is 1.85. The Hall–Kier alpha value is -1.22. The van der Waals surface area contributed by atoms with Crippen LogP contribution in [0.25, 0.3) is 0 Å². The molecule has 0 aromatic heterocycles. The molecule has 1 aromatic carbocycles. The third kappa shape index (κ3) is 1.55. The molecule has 0 aliphatic heterocycles. The van der Waals surface area contributed by atoms with E-state index >= 15 is 0 Å². The normalized spacial score (nSPS) is 18.9. The van der Waals surface area contributed by atoms with Gasteiger partial charge in [0, 0.05) is 6.04 Å². The Balaban J connectivity index is 2.18. The van der Waals surface area contributed by atoms with E-state index in [0.717, 1.165) is 5.56 Å². The molecule has 3 nitrogen and oxygen atoms in total. The third-order valence-electron chi connectivity index (χ3n) is 3.09. The van der Waals surface area contributed by atoms with Crippen molar-refractivity contribution >= 4 is 5.69 Å². The van der Waals surface area contributed by atoms with E-state index in [4.69, 9.17) is 11.5 Å². The summed E-state index contributed by atoms with van der Waals surface area (Å²) in [5, 5.41) is 9.27. The predicted octanol–water partition coefficient (Wildman–Crippen LogP) is 1.77. The molecule has 0 bridgehead atoms. The number of phenols is 1. The second-order valence-corrected chi connectivity index (χ2v) is 4.04. The van der Waals surface area contributed by atoms with Crippen LogP contribution in [0.5, 0.6) is 5.75 Å². The van der Waals surface area contributed by atoms with E-state index in [9.17, 15) is 5.11 Å². The van der Waals surface area contributed by atoms with Crippen LogP contribution < -0.4 is 11.5 Å². The lowest BCUT2D eigenvalue weighted by Crippen LogP contribution is -2.26. The fraction of sp³-hybridized carbons (Fsp3) is 0.455. The van der Waals surface area contributed by atoms with Crippen LogP contribution in [-0.2, 0) is 0 Å². The van der Waals surface area contributed by atoms with Gasteiger partial charge in [-0.2, -0.15) is 0 Å². The first kappa shape index (κ1) is 9.34. The van der Waals surface area contributed by atoms with E-state index in [-0.39, 0.29) is 11.8 Å². The number of hydrogen-bond donors (Lipinski definition) is 3. The minimum atomic E-state index is 0.0756. The summed E-state index contributed by atoms with van der Waals surface area (Å²) < 4.78 is 0. The van der Waals surface area contributed by atoms with Gasteiger partial charge in [-0.1, -0.05) is 12.5 Å². The molecule has 76 valence electrons. The van der Waals surface area contributed by atoms with E-state index in [0.29, 0.717) is 11.6 Å². The Bertz CT molecular complexity index is 334. The van der Waals surface area contributed by atoms with Gasteiger partial charge in [-0.25, -0.2) is 0 Å². The average Bonchev–Trinajstić information content (AvgIpc) is 2.06. The average molecular weight is 192 g/mol. The van der Waals surface area contributed by atoms with Crippen LogP contribution >= 0.6 is 0 Å². The highest BCUT2D eigenvalue weighted by atomic mass is 16.3. The van der Waals surface area contributed by atoms with Crippen molar-refractivity contribution in [3.8, 4) is 5.75 Å². The lowest BCUT2D eigenvalue weighted by molar-refractivity contribution is 0.264. The highest BCUT2D eigenvalue weighted by molar-refractivity contribution is 5.53. The molecule has 0 heterocycles. The van der Waals surface area contributed by atoms with Crippen LogP contribution in [-0.4, -0.2) is 5.11 Å². The van der Waals surface area contributed by atoms with Crippen molar-refractivity contribution in [1.29, 1.82) is 0 Å². The first-order chi connectivity index (χ1) is 6.68. The van der Waals surface area contributed by atoms with Crippen molar-refractivity contribution in [3.05, 3.63) is 23.8 Å². The zero-order chi connectivity index (χ0) is 10.1. The van der Waals surface area contributed by atoms with Gasteiger partial charge in [-0.05, 0) is 36.5 Å². The molecule has 0 spiro atoms. The quantitative estimate of drug-likeness (QED) is 0.494. The van der Waals surface area contributed by atoms with Gasteiger partial charge in [0.2, 0.25) is 0 Å². The van der Waals surface area contributed by atoms with Crippen molar-refractivity contribution in [1.82, 2.24) is 0 Å². The first-order valence-electron chi connectivity index (χ1n) is 5.02. The molecule has 0 saturated heterocycles. The summed E-state index contributed by atoms with van der Waals surface area (Å²) in [6, 6.07) is 5.32. The Morgan fingerprint density at radius 2 is 2.07 bits per heavy atom. The van der Waals surface area contributed by atoms with Gasteiger partial charge < -0.3 is 16.6 Å². The van der Waals surface area contributed by atoms with Gasteiger partial charge in [0.1, 0.15) is 5.75 Å². The van der Waals surface area contributed by atoms with Crippen LogP contribution in [0, 0.1) is 5.92 Å². The van der Waals surface area contributed by atoms with E-state index in [1.807, 2.05) is 6.07 Å². The summed E-state index contributed by atoms with van der Waals surface area (Å²) in [6.45, 7) is 0. The number of nitrogens with two attached hydrogens (primary N) is 2. The summed E-state index contributed by atoms with van der Waals surface area (Å²) in [7, 11) is 0. The number of phenolic OH excluding ortho intramolecular Hbond substituents is 1. The molecule has 1 saturated carbocycles. The number of rotatable bonds is 2. The standard InChI is InChI=1S/C11H16N2O/c12-9-6-8(4-5-10(9)14)11(13)7-2-1-3-7/h4-7,11,14H,1-3,12-13H2. The molecule has 5 N–H and O–H groups in total. The lowest BCUT2D eigenvalue weighted by Gasteiger charge is -2.31. The maximum absolute atomic E-state index is 9.27. The first-order valence-corrected chi connectivity index (χ1v) is 5.02. The Labute approximate surface area is 83.7 Å². The topological polar surface area (TPSA) is 72.3 Å². The van der Waals surface area contributed by atoms with Gasteiger partial charge in [-0.15, -0.1) is 0 Å². The van der Waals surface area contributed by atoms with E-state index < -0.39 is 0 Å². The second kappa shape index (κ2) is 3.50. The number of aromatic hydroxyl groups is 1. The summed E-state index contributed by atoms with van der Waals surface area (Å²) in [4.78, 5) is 0. The molecule has 2 rings (SSSR count). The molecule has 1 aliphatic rings. The number of benzene rings is 1. The van der Waals surface area contributed by atoms with Crippen molar-refractivity contribution in [2.24, 2.45) is 11.7 Å². The maximum atomic E-state index is 9.27. The number of anilines is 1. The number of hydrogen-bond acceptors (Lipinski definition) is 3. The zero-order valence-corrected chi connectivity index (χ0v) is 8.11. The molecule has 14 heavy (non-hydrogen) atoms. The van der Waals surface area contributed by atoms with Gasteiger partial charge in [-0.3, -0.25) is 0 Å². The smallest absolute Gasteiger partial charge is 0.138 e. The van der Waals surface area contributed by atoms with Crippen molar-refractivity contribution in [2.75, 3.05) is 5.73 Å². The zero-order valence-electron chi connectivity index (χ0n) is 8.11. The molecule has 0 radical (unpaired) electrons. The molecular formula is C11H16N2O. The fourth-order valence-corrected chi connectivity index (χ4v) is 1.85. The molecule has 0 amide bonds. The minimum absolute atomic E-state index is 0.0756. The van der Waals surface area contributed by atoms with Crippen LogP contribution in [0.4, 0.5) is 5.69 Å². The summed E-state index contributed by atoms with van der Waals surface area (Å²) >= 11 is 0. The van der Waals surface area contributed by atoms with E-state index in [1.54, 1.807) is 12.1 Å². The Morgan fingerprint density at radius 1 is 1.36 bits per heavy atom. The lowest BCUT2D eigenvalue weighted by atomic mass is 9.77. The molecular weight excluding hydrogens is 176 g/mol. The Kier molecular flexibility index (Phi) is 2.33. The third-order valence-corrected chi connectivity index (χ3v) is 3.09. The van der Waals surface area contributed by atoms with Gasteiger partial charge in [0.05, 0.1) is 5.69 Å². The van der Waals surface area contributed by atoms with Crippen LogP contribution in [0.3, 0.4) is 0 Å². The van der Waals surface area contributed by atoms with E-state index in [2.05, 4.69) is 0 Å². The van der Waals surface area contributed by atoms with Gasteiger partial charge >= 0.3 is 0 Å². The van der Waals surface area contributed by atoms with Crippen molar-refractivity contribution in [2.45, 2.75) is 25.3 Å². The molecule has 3 heteroatoms. The molecule has 1 atom stereocenters. The van der Waals surface area contributed by atoms with Crippen LogP contribution in [0.2, 0.25) is 0 Å². The summed E-state index contributed by atoms with van der Waals surface area (Å²) in [5.41, 5.74) is 13.1. The summed E-state index contributed by atoms with van der Waals surface area (Å²) in [6.07, 6.45) is 3.70. The van der Waals surface area contributed by atoms with Gasteiger partial charge in [0.25, 0.3) is 0 Å². The monoisotopic (exact) mass is 192 g/mol. The summed E-state index contributed by atoms with van der Waals surface area (Å²) in [5.74, 6) is 0.730. The maximum Gasteiger partial charge on any atom is 0.138 e. The van der Waals surface area contributed by atoms with Gasteiger partial charge in [0.15, 0.2) is 0 Å². The Morgan fingerprint density at radius 3 is 2.57 bits per heavy atom. The number of nitrogen functional groups attached to an aromatic ring is 1. The van der Waals surface area contributed by atoms with Crippen molar-refractivity contribution < 1.29 is 5.11 Å². The largest absolute Gasteiger partial charge is 0.506 e. The van der Waals surface area contributed by atoms with E-state index in [1.165, 1.54) is 19.3 Å². The molecule has 1 unspecified atom stereocenters. The molecule has 1 aromatic rings. The SMILES string of the molecule is Nc1cc(C(N)C2CCC2)ccc1O. The highest BCUT2D eigenvalue weighted by Gasteiger charge is 2.25. The second-order valence-electron chi connectivity index (χ2n) is 4.04. The predicted molar refractivity (Wildman–Crippen MR) is 56.8 cm³/mol.